The third-order valence-corrected chi connectivity index (χ3v) is 18.5. The van der Waals surface area contributed by atoms with E-state index in [1.165, 1.54) is 54.1 Å². The van der Waals surface area contributed by atoms with Crippen molar-refractivity contribution in [3.8, 4) is 0 Å². The van der Waals surface area contributed by atoms with Crippen molar-refractivity contribution in [1.29, 1.82) is 0 Å². The molecule has 0 bridgehead atoms. The summed E-state index contributed by atoms with van der Waals surface area (Å²) in [6, 6.07) is 15.6. The van der Waals surface area contributed by atoms with E-state index in [9.17, 15) is 43.4 Å². The summed E-state index contributed by atoms with van der Waals surface area (Å²) < 4.78 is 20.3. The number of aliphatic hydroxyl groups excluding tert-OH is 1. The Morgan fingerprint density at radius 2 is 1.63 bits per heavy atom. The quantitative estimate of drug-likeness (QED) is 0.0449. The van der Waals surface area contributed by atoms with Gasteiger partial charge < -0.3 is 54.3 Å². The molecule has 83 heavy (non-hydrogen) atoms. The van der Waals surface area contributed by atoms with Crippen LogP contribution in [-0.4, -0.2) is 143 Å². The van der Waals surface area contributed by atoms with E-state index in [-0.39, 0.29) is 75.3 Å². The number of carbonyl (C=O) groups excluding carboxylic acids is 4. The maximum atomic E-state index is 14.3. The summed E-state index contributed by atoms with van der Waals surface area (Å²) in [4.78, 5) is 109. The minimum atomic E-state index is -4.89. The standard InChI is InChI=1S/C60H75N12O10P/c1-10-52(74)63-45-28-39(62-54-58(78)65(9)34-51(64-54)71-20-11-12-47(53(71)37(4)73)70-25-24-69-48(57(70)77)27-38-31-59(5,6)32-49(38)69)13-16-46(45)68-23-22-66(33-36(68)3)40-18-21-67(35(2)26-40)41-14-15-43-44(29-41)56(76)72(55(43)75)42-17-19-61-50(30-42)60(7,8)82-83(79,80)81/h10,13-17,19,27-30,34-37,40,47,53,73H,1,11-12,18,20-26,31-33H2,2-9H3,(H,62,64)(H,63,74)(H2,79,80,81)/t35-,36+,37?,40?,47-,53+/m1/s1. The summed E-state index contributed by atoms with van der Waals surface area (Å²) in [5.74, 6) is -0.863. The number of imide groups is 1. The Balaban J connectivity index is 0.754. The zero-order chi connectivity index (χ0) is 59.2. The molecule has 0 spiro atoms. The molecule has 0 radical (unpaired) electrons. The molecule has 3 fully saturated rings. The molecule has 8 heterocycles. The van der Waals surface area contributed by atoms with E-state index in [4.69, 9.17) is 9.51 Å². The minimum Gasteiger partial charge on any atom is -0.391 e. The van der Waals surface area contributed by atoms with Gasteiger partial charge in [0.05, 0.1) is 52.1 Å². The third kappa shape index (κ3) is 11.0. The van der Waals surface area contributed by atoms with Gasteiger partial charge in [0.15, 0.2) is 5.82 Å². The summed E-state index contributed by atoms with van der Waals surface area (Å²) in [5.41, 5.74) is 5.08. The predicted molar refractivity (Wildman–Crippen MR) is 317 cm³/mol. The van der Waals surface area contributed by atoms with Crippen molar-refractivity contribution in [2.75, 3.05) is 69.5 Å². The number of fused-ring (bicyclic) bond motifs is 4. The normalized spacial score (nSPS) is 23.3. The largest absolute Gasteiger partial charge is 0.470 e. The Kier molecular flexibility index (Phi) is 15.1. The molecular formula is C60H75N12O10P. The number of carbonyl (C=O) groups is 4. The molecule has 5 aromatic rings. The first-order valence-electron chi connectivity index (χ1n) is 28.7. The second-order valence-electron chi connectivity index (χ2n) is 24.6. The second-order valence-corrected chi connectivity index (χ2v) is 25.8. The molecule has 3 saturated heterocycles. The van der Waals surface area contributed by atoms with Gasteiger partial charge >= 0.3 is 7.82 Å². The van der Waals surface area contributed by atoms with Crippen LogP contribution in [0.2, 0.25) is 0 Å². The minimum absolute atomic E-state index is 0.0174. The van der Waals surface area contributed by atoms with E-state index in [2.05, 4.69) is 75.2 Å². The Morgan fingerprint density at radius 1 is 0.867 bits per heavy atom. The summed E-state index contributed by atoms with van der Waals surface area (Å²) >= 11 is 0. The van der Waals surface area contributed by atoms with Crippen molar-refractivity contribution < 1.29 is 43.2 Å². The van der Waals surface area contributed by atoms with Crippen LogP contribution in [0.1, 0.15) is 122 Å². The third-order valence-electron chi connectivity index (χ3n) is 17.8. The van der Waals surface area contributed by atoms with Gasteiger partial charge in [-0.1, -0.05) is 20.4 Å². The molecule has 23 heteroatoms. The highest BCUT2D eigenvalue weighted by molar-refractivity contribution is 7.46. The lowest BCUT2D eigenvalue weighted by atomic mass is 9.89. The van der Waals surface area contributed by atoms with Crippen LogP contribution in [0.25, 0.3) is 0 Å². The smallest absolute Gasteiger partial charge is 0.391 e. The number of rotatable bonds is 14. The van der Waals surface area contributed by atoms with E-state index >= 15 is 0 Å². The molecule has 6 atom stereocenters. The fraction of sp³-hybridized carbons (Fsp3) is 0.483. The van der Waals surface area contributed by atoms with E-state index < -0.39 is 37.4 Å². The lowest BCUT2D eigenvalue weighted by Gasteiger charge is -2.48. The van der Waals surface area contributed by atoms with Crippen LogP contribution in [-0.2, 0) is 45.9 Å². The van der Waals surface area contributed by atoms with E-state index in [1.807, 2.05) is 28.0 Å². The van der Waals surface area contributed by atoms with E-state index in [0.717, 1.165) is 80.1 Å². The van der Waals surface area contributed by atoms with Crippen molar-refractivity contribution in [2.45, 2.75) is 135 Å². The molecule has 2 aromatic carbocycles. The number of amides is 4. The van der Waals surface area contributed by atoms with E-state index in [0.29, 0.717) is 43.4 Å². The molecule has 440 valence electrons. The van der Waals surface area contributed by atoms with Gasteiger partial charge in [0.1, 0.15) is 17.1 Å². The number of anilines is 7. The number of hydrogen-bond donors (Lipinski definition) is 5. The van der Waals surface area contributed by atoms with Crippen molar-refractivity contribution in [3.63, 3.8) is 0 Å². The Bertz CT molecular complexity index is 3550. The lowest BCUT2D eigenvalue weighted by Crippen LogP contribution is -2.62. The number of nitrogens with zero attached hydrogens (tertiary/aromatic N) is 10. The first kappa shape index (κ1) is 57.6. The lowest BCUT2D eigenvalue weighted by molar-refractivity contribution is -0.111. The number of aromatic nitrogens is 4. The van der Waals surface area contributed by atoms with Crippen molar-refractivity contribution in [2.24, 2.45) is 12.5 Å². The van der Waals surface area contributed by atoms with Crippen LogP contribution >= 0.6 is 7.82 Å². The van der Waals surface area contributed by atoms with Crippen molar-refractivity contribution >= 4 is 71.5 Å². The molecular weight excluding hydrogens is 1080 g/mol. The van der Waals surface area contributed by atoms with Gasteiger partial charge in [-0.25, -0.2) is 14.4 Å². The van der Waals surface area contributed by atoms with Crippen molar-refractivity contribution in [1.82, 2.24) is 28.9 Å². The second kappa shape index (κ2) is 21.8. The molecule has 5 N–H and O–H groups in total. The van der Waals surface area contributed by atoms with Crippen LogP contribution in [0.3, 0.4) is 0 Å². The highest BCUT2D eigenvalue weighted by Crippen LogP contribution is 2.46. The monoisotopic (exact) mass is 1150 g/mol. The number of piperidine rings is 2. The Labute approximate surface area is 483 Å². The molecule has 4 amide bonds. The molecule has 3 aromatic heterocycles. The maximum Gasteiger partial charge on any atom is 0.470 e. The fourth-order valence-corrected chi connectivity index (χ4v) is 14.6. The molecule has 5 aliphatic heterocycles. The highest BCUT2D eigenvalue weighted by atomic mass is 31.2. The van der Waals surface area contributed by atoms with Crippen LogP contribution in [0.15, 0.2) is 84.4 Å². The Morgan fingerprint density at radius 3 is 2.35 bits per heavy atom. The zero-order valence-electron chi connectivity index (χ0n) is 48.4. The Hall–Kier alpha value is -7.20. The maximum absolute atomic E-state index is 14.3. The number of aliphatic hydroxyl groups is 1. The number of aryl methyl sites for hydroxylation is 1. The number of piperazine rings is 1. The number of nitrogens with one attached hydrogen (secondary N) is 2. The first-order chi connectivity index (χ1) is 39.3. The van der Waals surface area contributed by atoms with Gasteiger partial charge in [-0.3, -0.25) is 38.4 Å². The molecule has 6 aliphatic rings. The predicted octanol–water partition coefficient (Wildman–Crippen LogP) is 6.56. The number of pyridine rings is 1. The van der Waals surface area contributed by atoms with Gasteiger partial charge in [0.25, 0.3) is 23.3 Å². The summed E-state index contributed by atoms with van der Waals surface area (Å²) in [5, 5.41) is 17.8. The van der Waals surface area contributed by atoms with Crippen molar-refractivity contribution in [3.05, 3.63) is 124 Å². The van der Waals surface area contributed by atoms with Crippen LogP contribution in [0.4, 0.5) is 40.1 Å². The average Bonchev–Trinajstić information content (AvgIpc) is 2.15. The average molecular weight is 1160 g/mol. The number of benzene rings is 2. The number of phosphoric acid groups is 1. The topological polar surface area (TPSA) is 251 Å². The summed E-state index contributed by atoms with van der Waals surface area (Å²) in [6.45, 7) is 21.9. The molecule has 0 saturated carbocycles. The van der Waals surface area contributed by atoms with Gasteiger partial charge in [0.2, 0.25) is 5.91 Å². The molecule has 1 aliphatic carbocycles. The summed E-state index contributed by atoms with van der Waals surface area (Å²) in [6.07, 6.45) is 8.53. The number of hydrogen-bond acceptors (Lipinski definition) is 15. The number of phosphoric ester groups is 1. The van der Waals surface area contributed by atoms with Gasteiger partial charge in [-0.2, -0.15) is 0 Å². The molecule has 22 nitrogen and oxygen atoms in total. The summed E-state index contributed by atoms with van der Waals surface area (Å²) in [7, 11) is -3.22. The zero-order valence-corrected chi connectivity index (χ0v) is 49.3. The highest BCUT2D eigenvalue weighted by Gasteiger charge is 2.45. The fourth-order valence-electron chi connectivity index (χ4n) is 13.9. The van der Waals surface area contributed by atoms with Crippen LogP contribution < -0.4 is 35.8 Å². The molecule has 2 unspecified atom stereocenters. The van der Waals surface area contributed by atoms with Gasteiger partial charge in [-0.05, 0) is 145 Å². The van der Waals surface area contributed by atoms with Crippen LogP contribution in [0.5, 0.6) is 0 Å². The van der Waals surface area contributed by atoms with E-state index in [1.54, 1.807) is 38.4 Å². The SMILES string of the molecule is C=CC(=O)Nc1cc(Nc2nc(N3CCC[C@@H](N4CCn5c(cc6c5CC(C)(C)C6)C4=O)[C@@H]3C(C)O)cn(C)c2=O)ccc1N1CCN(C2CCN(c3ccc4c(c3)C(=O)N(c3ccnc(C(C)(C)OP(=O)(O)O)c3)C4=O)[C@H](C)C2)C[C@@H]1C. The van der Waals surface area contributed by atoms with Gasteiger partial charge in [-0.15, -0.1) is 0 Å². The molecule has 11 rings (SSSR count). The first-order valence-corrected chi connectivity index (χ1v) is 30.2. The van der Waals surface area contributed by atoms with Gasteiger partial charge in [0, 0.05) is 100 Å². The van der Waals surface area contributed by atoms with Crippen LogP contribution in [0, 0.1) is 5.41 Å².